The van der Waals surface area contributed by atoms with E-state index in [2.05, 4.69) is 5.32 Å². The van der Waals surface area contributed by atoms with E-state index in [0.717, 1.165) is 0 Å². The minimum atomic E-state index is -3.68. The molecule has 2 rings (SSSR count). The summed E-state index contributed by atoms with van der Waals surface area (Å²) in [5.41, 5.74) is 1.38. The van der Waals surface area contributed by atoms with Crippen LogP contribution in [0.2, 0.25) is 0 Å². The molecule has 0 heterocycles. The van der Waals surface area contributed by atoms with E-state index in [9.17, 15) is 9.13 Å². The van der Waals surface area contributed by atoms with Gasteiger partial charge in [-0.1, -0.05) is 60.7 Å². The molecule has 31 heavy (non-hydrogen) atoms. The Balaban J connectivity index is 2.61. The molecule has 0 spiro atoms. The molecule has 2 aromatic carbocycles. The van der Waals surface area contributed by atoms with Gasteiger partial charge in [0, 0.05) is 0 Å². The summed E-state index contributed by atoms with van der Waals surface area (Å²) >= 11 is 0. The van der Waals surface area contributed by atoms with E-state index in [0.29, 0.717) is 11.1 Å². The van der Waals surface area contributed by atoms with Crippen molar-refractivity contribution in [2.45, 2.75) is 39.3 Å². The summed E-state index contributed by atoms with van der Waals surface area (Å²) in [6.45, 7) is 7.84. The van der Waals surface area contributed by atoms with Gasteiger partial charge in [-0.15, -0.1) is 0 Å². The summed E-state index contributed by atoms with van der Waals surface area (Å²) in [6, 6.07) is 18.4. The summed E-state index contributed by atoms with van der Waals surface area (Å²) in [4.78, 5) is 0. The van der Waals surface area contributed by atoms with Crippen LogP contribution in [-0.4, -0.2) is 26.4 Å². The van der Waals surface area contributed by atoms with E-state index >= 15 is 0 Å². The van der Waals surface area contributed by atoms with Crippen LogP contribution < -0.4 is 5.32 Å². The first-order valence-electron chi connectivity index (χ1n) is 10.6. The summed E-state index contributed by atoms with van der Waals surface area (Å²) in [5, 5.41) is 3.28. The van der Waals surface area contributed by atoms with Gasteiger partial charge < -0.3 is 18.1 Å². The molecule has 0 aromatic heterocycles. The maximum Gasteiger partial charge on any atom is 0.351 e. The quantitative estimate of drug-likeness (QED) is 0.316. The molecule has 172 valence electrons. The maximum atomic E-state index is 13.8. The molecule has 0 amide bonds. The Morgan fingerprint density at radius 2 is 0.903 bits per heavy atom. The first-order valence-corrected chi connectivity index (χ1v) is 13.8. The zero-order valence-corrected chi connectivity index (χ0v) is 20.4. The first-order chi connectivity index (χ1) is 14.9. The van der Waals surface area contributed by atoms with Gasteiger partial charge in [0.25, 0.3) is 0 Å². The zero-order valence-electron chi connectivity index (χ0n) is 18.6. The molecular formula is C22H33NO6P2. The van der Waals surface area contributed by atoms with Crippen LogP contribution in [0.1, 0.15) is 50.4 Å². The van der Waals surface area contributed by atoms with E-state index in [1.807, 2.05) is 60.7 Å². The minimum Gasteiger partial charge on any atom is -0.308 e. The van der Waals surface area contributed by atoms with Gasteiger partial charge in [-0.25, -0.2) is 0 Å². The van der Waals surface area contributed by atoms with E-state index in [-0.39, 0.29) is 26.4 Å². The molecule has 0 aliphatic carbocycles. The van der Waals surface area contributed by atoms with Crippen molar-refractivity contribution in [2.24, 2.45) is 0 Å². The summed E-state index contributed by atoms with van der Waals surface area (Å²) in [6.07, 6.45) is 0. The van der Waals surface area contributed by atoms with Crippen molar-refractivity contribution in [3.05, 3.63) is 71.8 Å². The molecule has 7 nitrogen and oxygen atoms in total. The molecule has 0 fully saturated rings. The summed E-state index contributed by atoms with van der Waals surface area (Å²) in [5.74, 6) is -1.76. The van der Waals surface area contributed by atoms with Gasteiger partial charge in [0.15, 0.2) is 0 Å². The van der Waals surface area contributed by atoms with Crippen LogP contribution >= 0.6 is 15.2 Å². The highest BCUT2D eigenvalue weighted by Gasteiger charge is 2.44. The SMILES string of the molecule is CCOP(=O)(OCC)[C@H](N[C@H](c1ccccc1)P(=O)(OCC)OCC)c1ccccc1. The highest BCUT2D eigenvalue weighted by Crippen LogP contribution is 2.65. The average Bonchev–Trinajstić information content (AvgIpc) is 2.76. The van der Waals surface area contributed by atoms with Gasteiger partial charge >= 0.3 is 15.2 Å². The Kier molecular flexibility index (Phi) is 10.6. The molecule has 0 saturated heterocycles. The topological polar surface area (TPSA) is 83.1 Å². The lowest BCUT2D eigenvalue weighted by Gasteiger charge is -2.34. The highest BCUT2D eigenvalue weighted by atomic mass is 31.2. The van der Waals surface area contributed by atoms with Gasteiger partial charge in [-0.2, -0.15) is 0 Å². The van der Waals surface area contributed by atoms with E-state index in [1.165, 1.54) is 0 Å². The zero-order chi connectivity index (χ0) is 22.7. The number of hydrogen-bond acceptors (Lipinski definition) is 7. The molecule has 0 unspecified atom stereocenters. The standard InChI is InChI=1S/C22H33NO6P2/c1-5-26-30(24,27-6-2)21(19-15-11-9-12-16-19)23-22(20-17-13-10-14-18-20)31(25,28-7-3)29-8-4/h9-18,21-23H,5-8H2,1-4H3/t21-,22-/m0/s1. The van der Waals surface area contributed by atoms with E-state index in [4.69, 9.17) is 18.1 Å². The van der Waals surface area contributed by atoms with Crippen molar-refractivity contribution in [3.63, 3.8) is 0 Å². The Bertz CT molecular complexity index is 773. The fraction of sp³-hybridized carbons (Fsp3) is 0.455. The second kappa shape index (κ2) is 12.7. The fourth-order valence-electron chi connectivity index (χ4n) is 3.25. The van der Waals surface area contributed by atoms with Gasteiger partial charge in [-0.05, 0) is 38.8 Å². The number of nitrogens with one attached hydrogen (secondary N) is 1. The summed E-state index contributed by atoms with van der Waals surface area (Å²) in [7, 11) is -7.35. The van der Waals surface area contributed by atoms with Crippen molar-refractivity contribution in [1.29, 1.82) is 0 Å². The number of benzene rings is 2. The first kappa shape index (κ1) is 26.0. The number of rotatable bonds is 14. The second-order valence-corrected chi connectivity index (χ2v) is 10.8. The van der Waals surface area contributed by atoms with Crippen LogP contribution in [0, 0.1) is 0 Å². The lowest BCUT2D eigenvalue weighted by atomic mass is 10.2. The van der Waals surface area contributed by atoms with E-state index in [1.54, 1.807) is 27.7 Å². The third-order valence-corrected chi connectivity index (χ3v) is 9.05. The van der Waals surface area contributed by atoms with Crippen LogP contribution in [-0.2, 0) is 27.2 Å². The Morgan fingerprint density at radius 3 is 1.16 bits per heavy atom. The molecule has 0 radical (unpaired) electrons. The maximum absolute atomic E-state index is 13.8. The van der Waals surface area contributed by atoms with E-state index < -0.39 is 26.8 Å². The van der Waals surface area contributed by atoms with Gasteiger partial charge in [0.05, 0.1) is 26.4 Å². The highest BCUT2D eigenvalue weighted by molar-refractivity contribution is 7.55. The Labute approximate surface area is 185 Å². The van der Waals surface area contributed by atoms with Crippen LogP contribution in [0.5, 0.6) is 0 Å². The van der Waals surface area contributed by atoms with Crippen molar-refractivity contribution < 1.29 is 27.2 Å². The van der Waals surface area contributed by atoms with Gasteiger partial charge in [0.1, 0.15) is 11.6 Å². The summed E-state index contributed by atoms with van der Waals surface area (Å²) < 4.78 is 50.3. The molecule has 0 bridgehead atoms. The predicted molar refractivity (Wildman–Crippen MR) is 123 cm³/mol. The monoisotopic (exact) mass is 469 g/mol. The third-order valence-electron chi connectivity index (χ3n) is 4.41. The van der Waals surface area contributed by atoms with Crippen LogP contribution in [0.15, 0.2) is 60.7 Å². The normalized spacial score (nSPS) is 14.3. The van der Waals surface area contributed by atoms with Crippen LogP contribution in [0.3, 0.4) is 0 Å². The van der Waals surface area contributed by atoms with Gasteiger partial charge in [0.2, 0.25) is 0 Å². The molecule has 2 aromatic rings. The van der Waals surface area contributed by atoms with Crippen molar-refractivity contribution >= 4 is 15.2 Å². The van der Waals surface area contributed by atoms with Crippen molar-refractivity contribution in [3.8, 4) is 0 Å². The fourth-order valence-corrected chi connectivity index (χ4v) is 7.29. The third kappa shape index (κ3) is 6.84. The molecule has 0 saturated carbocycles. The Morgan fingerprint density at radius 1 is 0.613 bits per heavy atom. The molecule has 9 heteroatoms. The van der Waals surface area contributed by atoms with Crippen molar-refractivity contribution in [1.82, 2.24) is 5.32 Å². The Hall–Kier alpha value is -1.30. The van der Waals surface area contributed by atoms with Gasteiger partial charge in [-0.3, -0.25) is 14.4 Å². The lowest BCUT2D eigenvalue weighted by Crippen LogP contribution is -2.29. The second-order valence-electron chi connectivity index (χ2n) is 6.54. The smallest absolute Gasteiger partial charge is 0.308 e. The molecule has 2 atom stereocenters. The lowest BCUT2D eigenvalue weighted by molar-refractivity contribution is 0.196. The van der Waals surface area contributed by atoms with Crippen LogP contribution in [0.25, 0.3) is 0 Å². The molecular weight excluding hydrogens is 436 g/mol. The predicted octanol–water partition coefficient (Wildman–Crippen LogP) is 6.51. The molecule has 0 aliphatic rings. The molecule has 0 aliphatic heterocycles. The average molecular weight is 469 g/mol. The minimum absolute atomic E-state index is 0.201. The van der Waals surface area contributed by atoms with Crippen molar-refractivity contribution in [2.75, 3.05) is 26.4 Å². The molecule has 1 N–H and O–H groups in total. The largest absolute Gasteiger partial charge is 0.351 e. The van der Waals surface area contributed by atoms with Crippen LogP contribution in [0.4, 0.5) is 0 Å². The number of hydrogen-bond donors (Lipinski definition) is 1.